The number of aromatic amines is 1. The number of allylic oxidation sites excluding steroid dienone is 4. The van der Waals surface area contributed by atoms with Crippen LogP contribution >= 0.6 is 0 Å². The minimum absolute atomic E-state index is 0.468. The van der Waals surface area contributed by atoms with Crippen molar-refractivity contribution in [3.8, 4) is 0 Å². The molecule has 0 aromatic carbocycles. The fourth-order valence-electron chi connectivity index (χ4n) is 1.81. The summed E-state index contributed by atoms with van der Waals surface area (Å²) in [5, 5.41) is 9.31. The topological polar surface area (TPSA) is 66.0 Å². The molecule has 88 valence electrons. The van der Waals surface area contributed by atoms with Gasteiger partial charge in [0, 0.05) is 6.20 Å². The third-order valence-corrected chi connectivity index (χ3v) is 2.86. The molecule has 17 heavy (non-hydrogen) atoms. The zero-order valence-corrected chi connectivity index (χ0v) is 9.34. The lowest BCUT2D eigenvalue weighted by Crippen LogP contribution is -2.28. The minimum Gasteiger partial charge on any atom is -0.481 e. The highest BCUT2D eigenvalue weighted by molar-refractivity contribution is 5.78. The molecule has 1 aromatic rings. The average molecular weight is 230 g/mol. The maximum absolute atomic E-state index is 11.3. The molecular weight excluding hydrogens is 216 g/mol. The second-order valence-corrected chi connectivity index (χ2v) is 4.05. The first-order valence-corrected chi connectivity index (χ1v) is 5.46. The minimum atomic E-state index is -0.804. The largest absolute Gasteiger partial charge is 0.481 e. The Morgan fingerprint density at radius 2 is 2.47 bits per heavy atom. The number of rotatable bonds is 4. The summed E-state index contributed by atoms with van der Waals surface area (Å²) in [6.07, 6.45) is 15.3. The number of hydrogen-bond acceptors (Lipinski definition) is 2. The molecule has 4 heteroatoms. The van der Waals surface area contributed by atoms with Gasteiger partial charge in [-0.1, -0.05) is 30.4 Å². The van der Waals surface area contributed by atoms with Crippen LogP contribution in [0.1, 0.15) is 18.5 Å². The molecule has 1 atom stereocenters. The van der Waals surface area contributed by atoms with E-state index in [0.29, 0.717) is 12.8 Å². The second kappa shape index (κ2) is 4.82. The maximum atomic E-state index is 11.3. The molecule has 2 rings (SSSR count). The lowest BCUT2D eigenvalue weighted by molar-refractivity contribution is -0.145. The zero-order valence-electron chi connectivity index (χ0n) is 9.34. The van der Waals surface area contributed by atoms with Gasteiger partial charge >= 0.3 is 5.97 Å². The third kappa shape index (κ3) is 2.53. The fraction of sp³-hybridized carbons (Fsp3) is 0.231. The van der Waals surface area contributed by atoms with Gasteiger partial charge in [0.15, 0.2) is 0 Å². The first-order chi connectivity index (χ1) is 8.23. The van der Waals surface area contributed by atoms with Gasteiger partial charge in [-0.05, 0) is 18.9 Å². The molecular formula is C13H14N2O2. The van der Waals surface area contributed by atoms with E-state index < -0.39 is 11.4 Å². The van der Waals surface area contributed by atoms with Crippen LogP contribution < -0.4 is 0 Å². The zero-order chi connectivity index (χ0) is 12.1. The van der Waals surface area contributed by atoms with E-state index in [-0.39, 0.29) is 0 Å². The van der Waals surface area contributed by atoms with Gasteiger partial charge in [0.2, 0.25) is 0 Å². The number of carbonyl (C=O) groups is 1. The van der Waals surface area contributed by atoms with Crippen molar-refractivity contribution < 1.29 is 9.90 Å². The van der Waals surface area contributed by atoms with E-state index in [2.05, 4.69) is 9.97 Å². The summed E-state index contributed by atoms with van der Waals surface area (Å²) in [5.74, 6) is -0.787. The SMILES string of the molecule is O=C(O)C1(CC=Cc2c[nH]cn2)C=CC=CC1. The Hall–Kier alpha value is -2.10. The molecule has 1 heterocycles. The van der Waals surface area contributed by atoms with E-state index in [1.54, 1.807) is 24.7 Å². The molecule has 0 saturated heterocycles. The number of nitrogens with zero attached hydrogens (tertiary/aromatic N) is 1. The standard InChI is InChI=1S/C13H14N2O2/c16-12(17)13(6-2-1-3-7-13)8-4-5-11-9-14-10-15-11/h1-6,9-10H,7-8H2,(H,14,15)(H,16,17). The molecule has 0 fully saturated rings. The Bertz CT molecular complexity index is 472. The van der Waals surface area contributed by atoms with E-state index in [1.807, 2.05) is 24.3 Å². The lowest BCUT2D eigenvalue weighted by atomic mass is 9.78. The summed E-state index contributed by atoms with van der Waals surface area (Å²) in [5.41, 5.74) is 0.00235. The smallest absolute Gasteiger partial charge is 0.314 e. The van der Waals surface area contributed by atoms with Crippen molar-refractivity contribution >= 4 is 12.0 Å². The highest BCUT2D eigenvalue weighted by Gasteiger charge is 2.34. The molecule has 0 aliphatic heterocycles. The molecule has 0 saturated carbocycles. The van der Waals surface area contributed by atoms with Crippen molar-refractivity contribution in [3.05, 3.63) is 48.6 Å². The quantitative estimate of drug-likeness (QED) is 0.834. The summed E-state index contributed by atoms with van der Waals surface area (Å²) in [6, 6.07) is 0. The summed E-state index contributed by atoms with van der Waals surface area (Å²) in [7, 11) is 0. The summed E-state index contributed by atoms with van der Waals surface area (Å²) >= 11 is 0. The Labute approximate surface area is 99.4 Å². The average Bonchev–Trinajstić information content (AvgIpc) is 2.83. The highest BCUT2D eigenvalue weighted by atomic mass is 16.4. The second-order valence-electron chi connectivity index (χ2n) is 4.05. The van der Waals surface area contributed by atoms with Crippen molar-refractivity contribution in [3.63, 3.8) is 0 Å². The van der Waals surface area contributed by atoms with Crippen molar-refractivity contribution in [2.75, 3.05) is 0 Å². The van der Waals surface area contributed by atoms with Gasteiger partial charge in [0.05, 0.1) is 17.4 Å². The molecule has 0 bridgehead atoms. The number of aliphatic carboxylic acids is 1. The van der Waals surface area contributed by atoms with Crippen LogP contribution in [0.4, 0.5) is 0 Å². The van der Waals surface area contributed by atoms with E-state index in [0.717, 1.165) is 5.69 Å². The molecule has 1 aliphatic carbocycles. The van der Waals surface area contributed by atoms with Crippen molar-refractivity contribution in [2.45, 2.75) is 12.8 Å². The van der Waals surface area contributed by atoms with Gasteiger partial charge < -0.3 is 10.1 Å². The highest BCUT2D eigenvalue weighted by Crippen LogP contribution is 2.32. The van der Waals surface area contributed by atoms with E-state index in [1.165, 1.54) is 0 Å². The van der Waals surface area contributed by atoms with Crippen molar-refractivity contribution in [2.24, 2.45) is 5.41 Å². The molecule has 1 aliphatic rings. The van der Waals surface area contributed by atoms with Gasteiger partial charge in [-0.15, -0.1) is 0 Å². The van der Waals surface area contributed by atoms with Crippen LogP contribution in [0.2, 0.25) is 0 Å². The van der Waals surface area contributed by atoms with Crippen LogP contribution in [0.25, 0.3) is 6.08 Å². The summed E-state index contributed by atoms with van der Waals surface area (Å²) in [6.45, 7) is 0. The van der Waals surface area contributed by atoms with Gasteiger partial charge in [-0.2, -0.15) is 0 Å². The molecule has 2 N–H and O–H groups in total. The van der Waals surface area contributed by atoms with Crippen LogP contribution in [0.3, 0.4) is 0 Å². The summed E-state index contributed by atoms with van der Waals surface area (Å²) < 4.78 is 0. The van der Waals surface area contributed by atoms with Crippen LogP contribution in [0.5, 0.6) is 0 Å². The van der Waals surface area contributed by atoms with Crippen molar-refractivity contribution in [1.82, 2.24) is 9.97 Å². The monoisotopic (exact) mass is 230 g/mol. The Morgan fingerprint density at radius 1 is 1.59 bits per heavy atom. The predicted molar refractivity (Wildman–Crippen MR) is 65.2 cm³/mol. The van der Waals surface area contributed by atoms with Crippen LogP contribution in [-0.4, -0.2) is 21.0 Å². The lowest BCUT2D eigenvalue weighted by Gasteiger charge is -2.24. The predicted octanol–water partition coefficient (Wildman–Crippen LogP) is 2.40. The summed E-state index contributed by atoms with van der Waals surface area (Å²) in [4.78, 5) is 18.2. The number of nitrogens with one attached hydrogen (secondary N) is 1. The molecule has 0 spiro atoms. The number of carboxylic acid groups (broad SMARTS) is 1. The third-order valence-electron chi connectivity index (χ3n) is 2.86. The van der Waals surface area contributed by atoms with Gasteiger partial charge in [0.1, 0.15) is 0 Å². The Balaban J connectivity index is 2.07. The normalized spacial score (nSPS) is 23.3. The number of H-pyrrole nitrogens is 1. The first-order valence-electron chi connectivity index (χ1n) is 5.46. The van der Waals surface area contributed by atoms with Gasteiger partial charge in [0.25, 0.3) is 0 Å². The van der Waals surface area contributed by atoms with Crippen molar-refractivity contribution in [1.29, 1.82) is 0 Å². The van der Waals surface area contributed by atoms with Gasteiger partial charge in [-0.3, -0.25) is 4.79 Å². The molecule has 1 unspecified atom stereocenters. The van der Waals surface area contributed by atoms with Crippen LogP contribution in [0.15, 0.2) is 42.9 Å². The Kier molecular flexibility index (Phi) is 3.23. The van der Waals surface area contributed by atoms with E-state index in [9.17, 15) is 9.90 Å². The first kappa shape index (κ1) is 11.4. The van der Waals surface area contributed by atoms with Crippen LogP contribution in [-0.2, 0) is 4.79 Å². The number of aromatic nitrogens is 2. The molecule has 0 amide bonds. The van der Waals surface area contributed by atoms with E-state index in [4.69, 9.17) is 0 Å². The van der Waals surface area contributed by atoms with Crippen LogP contribution in [0, 0.1) is 5.41 Å². The Morgan fingerprint density at radius 3 is 3.06 bits per heavy atom. The maximum Gasteiger partial charge on any atom is 0.314 e. The molecule has 4 nitrogen and oxygen atoms in total. The fourth-order valence-corrected chi connectivity index (χ4v) is 1.81. The molecule has 0 radical (unpaired) electrons. The number of imidazole rings is 1. The molecule has 1 aromatic heterocycles. The van der Waals surface area contributed by atoms with E-state index >= 15 is 0 Å². The van der Waals surface area contributed by atoms with Gasteiger partial charge in [-0.25, -0.2) is 4.98 Å². The number of carboxylic acids is 1. The number of hydrogen-bond donors (Lipinski definition) is 2.